The van der Waals surface area contributed by atoms with Crippen molar-refractivity contribution in [3.05, 3.63) is 64.7 Å². The second-order valence-electron chi connectivity index (χ2n) is 6.50. The van der Waals surface area contributed by atoms with Crippen molar-refractivity contribution in [1.29, 1.82) is 0 Å². The summed E-state index contributed by atoms with van der Waals surface area (Å²) in [5.74, 6) is -0.534. The Morgan fingerprint density at radius 3 is 2.59 bits per heavy atom. The number of amides is 1. The fourth-order valence-corrected chi connectivity index (χ4v) is 2.80. The molecule has 150 valence electrons. The quantitative estimate of drug-likeness (QED) is 0.643. The summed E-state index contributed by atoms with van der Waals surface area (Å²) in [5, 5.41) is 3.07. The summed E-state index contributed by atoms with van der Waals surface area (Å²) in [4.78, 5) is 41.2. The van der Waals surface area contributed by atoms with Gasteiger partial charge < -0.3 is 14.8 Å². The van der Waals surface area contributed by atoms with Crippen LogP contribution in [0, 0.1) is 6.92 Å². The number of hydrogen-bond acceptors (Lipinski definition) is 6. The van der Waals surface area contributed by atoms with E-state index in [0.717, 1.165) is 10.1 Å². The van der Waals surface area contributed by atoms with E-state index in [9.17, 15) is 14.4 Å². The molecule has 3 aromatic rings. The van der Waals surface area contributed by atoms with Gasteiger partial charge in [-0.2, -0.15) is 0 Å². The molecule has 1 N–H and O–H groups in total. The Morgan fingerprint density at radius 2 is 1.90 bits per heavy atom. The number of nitrogens with zero attached hydrogens (tertiary/aromatic N) is 2. The second kappa shape index (κ2) is 8.55. The number of carbonyl (C=O) groups is 2. The number of carbonyl (C=O) groups excluding carboxylic acids is 2. The van der Waals surface area contributed by atoms with E-state index in [-0.39, 0.29) is 12.1 Å². The lowest BCUT2D eigenvalue weighted by atomic mass is 10.1. The normalized spacial score (nSPS) is 11.7. The summed E-state index contributed by atoms with van der Waals surface area (Å²) >= 11 is 0. The molecule has 8 heteroatoms. The minimum absolute atomic E-state index is 0.337. The average Bonchev–Trinajstić information content (AvgIpc) is 2.71. The van der Waals surface area contributed by atoms with Gasteiger partial charge in [0.15, 0.2) is 6.10 Å². The minimum atomic E-state index is -1.03. The molecule has 0 aliphatic heterocycles. The highest BCUT2D eigenvalue weighted by molar-refractivity contribution is 5.95. The van der Waals surface area contributed by atoms with Gasteiger partial charge in [0.05, 0.1) is 24.3 Å². The Bertz CT molecular complexity index is 1110. The van der Waals surface area contributed by atoms with Crippen molar-refractivity contribution in [3.63, 3.8) is 0 Å². The highest BCUT2D eigenvalue weighted by Gasteiger charge is 2.19. The molecule has 0 aliphatic carbocycles. The van der Waals surface area contributed by atoms with Crippen molar-refractivity contribution >= 4 is 28.5 Å². The fraction of sp³-hybridized carbons (Fsp3) is 0.238. The summed E-state index contributed by atoms with van der Waals surface area (Å²) in [7, 11) is 1.55. The molecule has 0 bridgehead atoms. The topological polar surface area (TPSA) is 99.5 Å². The van der Waals surface area contributed by atoms with E-state index in [2.05, 4.69) is 10.3 Å². The molecule has 1 unspecified atom stereocenters. The number of hydrogen-bond donors (Lipinski definition) is 1. The lowest BCUT2D eigenvalue weighted by Gasteiger charge is -2.14. The first-order chi connectivity index (χ1) is 13.9. The molecule has 2 aromatic carbocycles. The predicted molar refractivity (Wildman–Crippen MR) is 108 cm³/mol. The van der Waals surface area contributed by atoms with Gasteiger partial charge in [-0.15, -0.1) is 0 Å². The van der Waals surface area contributed by atoms with Crippen LogP contribution in [0.4, 0.5) is 5.69 Å². The average molecular weight is 395 g/mol. The molecular formula is C21H21N3O5. The Kier molecular flexibility index (Phi) is 5.92. The van der Waals surface area contributed by atoms with E-state index >= 15 is 0 Å². The Hall–Kier alpha value is -3.68. The third kappa shape index (κ3) is 4.60. The van der Waals surface area contributed by atoms with Crippen molar-refractivity contribution < 1.29 is 19.1 Å². The molecule has 1 heterocycles. The van der Waals surface area contributed by atoms with E-state index in [4.69, 9.17) is 9.47 Å². The Balaban J connectivity index is 1.64. The van der Waals surface area contributed by atoms with Crippen molar-refractivity contribution in [2.24, 2.45) is 0 Å². The lowest BCUT2D eigenvalue weighted by molar-refractivity contribution is -0.153. The molecule has 29 heavy (non-hydrogen) atoms. The lowest BCUT2D eigenvalue weighted by Crippen LogP contribution is -2.33. The number of aryl methyl sites for hydroxylation is 1. The number of benzene rings is 2. The van der Waals surface area contributed by atoms with Crippen LogP contribution in [-0.4, -0.2) is 34.6 Å². The van der Waals surface area contributed by atoms with Crippen molar-refractivity contribution in [3.8, 4) is 5.75 Å². The van der Waals surface area contributed by atoms with E-state index < -0.39 is 18.0 Å². The van der Waals surface area contributed by atoms with Crippen LogP contribution in [-0.2, 0) is 20.9 Å². The second-order valence-corrected chi connectivity index (χ2v) is 6.50. The number of para-hydroxylation sites is 1. The molecule has 3 rings (SSSR count). The first-order valence-corrected chi connectivity index (χ1v) is 8.98. The summed E-state index contributed by atoms with van der Waals surface area (Å²) in [6, 6.07) is 12.0. The van der Waals surface area contributed by atoms with E-state index in [0.29, 0.717) is 22.3 Å². The number of anilines is 1. The third-order valence-corrected chi connectivity index (χ3v) is 4.39. The van der Waals surface area contributed by atoms with Crippen molar-refractivity contribution in [2.45, 2.75) is 26.5 Å². The number of nitrogens with one attached hydrogen (secondary N) is 1. The molecular weight excluding hydrogens is 374 g/mol. The van der Waals surface area contributed by atoms with Gasteiger partial charge in [0.25, 0.3) is 11.5 Å². The maximum atomic E-state index is 12.6. The fourth-order valence-electron chi connectivity index (χ4n) is 2.80. The molecule has 0 radical (unpaired) electrons. The van der Waals surface area contributed by atoms with Gasteiger partial charge in [-0.25, -0.2) is 4.98 Å². The molecule has 8 nitrogen and oxygen atoms in total. The third-order valence-electron chi connectivity index (χ3n) is 4.39. The maximum Gasteiger partial charge on any atom is 0.326 e. The van der Waals surface area contributed by atoms with Crippen LogP contribution in [0.1, 0.15) is 12.5 Å². The number of ether oxygens (including phenoxy) is 2. The number of esters is 1. The zero-order valence-electron chi connectivity index (χ0n) is 16.3. The first kappa shape index (κ1) is 20.1. The highest BCUT2D eigenvalue weighted by atomic mass is 16.5. The smallest absolute Gasteiger partial charge is 0.326 e. The molecule has 0 fully saturated rings. The van der Waals surface area contributed by atoms with Crippen LogP contribution in [0.5, 0.6) is 5.75 Å². The van der Waals surface area contributed by atoms with Gasteiger partial charge in [-0.3, -0.25) is 19.0 Å². The summed E-state index contributed by atoms with van der Waals surface area (Å²) in [6.07, 6.45) is 0.275. The Labute approximate surface area is 167 Å². The van der Waals surface area contributed by atoms with Crippen molar-refractivity contribution in [1.82, 2.24) is 9.55 Å². The van der Waals surface area contributed by atoms with Gasteiger partial charge in [0, 0.05) is 5.69 Å². The summed E-state index contributed by atoms with van der Waals surface area (Å²) in [6.45, 7) is 2.98. The zero-order chi connectivity index (χ0) is 21.0. The van der Waals surface area contributed by atoms with E-state index in [1.807, 2.05) is 13.0 Å². The predicted octanol–water partition coefficient (Wildman–Crippen LogP) is 2.28. The number of methoxy groups -OCH3 is 1. The van der Waals surface area contributed by atoms with Gasteiger partial charge in [0.2, 0.25) is 0 Å². The molecule has 1 amide bonds. The minimum Gasteiger partial charge on any atom is -0.497 e. The zero-order valence-corrected chi connectivity index (χ0v) is 16.3. The molecule has 1 aromatic heterocycles. The standard InChI is InChI=1S/C21H21N3O5/c1-13-5-4-6-17-19(13)22-12-24(21(17)27)11-18(25)29-14(2)20(26)23-15-7-9-16(28-3)10-8-15/h4-10,12,14H,11H2,1-3H3,(H,23,26). The van der Waals surface area contributed by atoms with Crippen LogP contribution in [0.3, 0.4) is 0 Å². The molecule has 0 spiro atoms. The van der Waals surface area contributed by atoms with Crippen LogP contribution < -0.4 is 15.6 Å². The van der Waals surface area contributed by atoms with Gasteiger partial charge >= 0.3 is 5.97 Å². The maximum absolute atomic E-state index is 12.6. The molecule has 0 aliphatic rings. The molecule has 0 saturated carbocycles. The largest absolute Gasteiger partial charge is 0.497 e. The first-order valence-electron chi connectivity index (χ1n) is 8.98. The van der Waals surface area contributed by atoms with Gasteiger partial charge in [0.1, 0.15) is 12.3 Å². The summed E-state index contributed by atoms with van der Waals surface area (Å²) < 4.78 is 11.4. The van der Waals surface area contributed by atoms with Crippen LogP contribution >= 0.6 is 0 Å². The van der Waals surface area contributed by atoms with Gasteiger partial charge in [-0.1, -0.05) is 12.1 Å². The SMILES string of the molecule is COc1ccc(NC(=O)C(C)OC(=O)Cn2cnc3c(C)cccc3c2=O)cc1. The monoisotopic (exact) mass is 395 g/mol. The van der Waals surface area contributed by atoms with Crippen LogP contribution in [0.2, 0.25) is 0 Å². The summed E-state index contributed by atoms with van der Waals surface area (Å²) in [5.41, 5.74) is 1.67. The number of rotatable bonds is 6. The number of aromatic nitrogens is 2. The van der Waals surface area contributed by atoms with Crippen molar-refractivity contribution in [2.75, 3.05) is 12.4 Å². The molecule has 1 atom stereocenters. The van der Waals surface area contributed by atoms with E-state index in [1.165, 1.54) is 13.3 Å². The highest BCUT2D eigenvalue weighted by Crippen LogP contribution is 2.15. The molecule has 0 saturated heterocycles. The Morgan fingerprint density at radius 1 is 1.17 bits per heavy atom. The number of fused-ring (bicyclic) bond motifs is 1. The van der Waals surface area contributed by atoms with Crippen LogP contribution in [0.15, 0.2) is 53.6 Å². The van der Waals surface area contributed by atoms with Crippen LogP contribution in [0.25, 0.3) is 10.9 Å². The van der Waals surface area contributed by atoms with E-state index in [1.54, 1.807) is 43.5 Å². The van der Waals surface area contributed by atoms with Gasteiger partial charge in [-0.05, 0) is 49.7 Å².